The highest BCUT2D eigenvalue weighted by Gasteiger charge is 2.22. The Hall–Kier alpha value is -1.16. The lowest BCUT2D eigenvalue weighted by atomic mass is 10.1. The van der Waals surface area contributed by atoms with Gasteiger partial charge in [-0.1, -0.05) is 0 Å². The first-order valence-electron chi connectivity index (χ1n) is 5.48. The molecule has 0 fully saturated rings. The minimum Gasteiger partial charge on any atom is -0.323 e. The summed E-state index contributed by atoms with van der Waals surface area (Å²) < 4.78 is 2.10. The summed E-state index contributed by atoms with van der Waals surface area (Å²) in [7, 11) is 1.79. The maximum atomic E-state index is 11.8. The molecule has 1 aromatic rings. The monoisotopic (exact) mass is 207 g/mol. The second kappa shape index (κ2) is 4.14. The second-order valence-corrected chi connectivity index (χ2v) is 4.12. The molecule has 82 valence electrons. The third-order valence-electron chi connectivity index (χ3n) is 2.96. The lowest BCUT2D eigenvalue weighted by Gasteiger charge is -2.23. The van der Waals surface area contributed by atoms with E-state index in [1.807, 2.05) is 0 Å². The smallest absolute Gasteiger partial charge is 0.194 e. The molecule has 0 saturated heterocycles. The van der Waals surface area contributed by atoms with Crippen LogP contribution in [-0.2, 0) is 6.42 Å². The van der Waals surface area contributed by atoms with Crippen LogP contribution in [-0.4, -0.2) is 28.9 Å². The Bertz CT molecular complexity index is 370. The normalized spacial score (nSPS) is 20.0. The van der Waals surface area contributed by atoms with Gasteiger partial charge in [0.1, 0.15) is 11.5 Å². The lowest BCUT2D eigenvalue weighted by Crippen LogP contribution is -2.25. The van der Waals surface area contributed by atoms with E-state index in [0.717, 1.165) is 24.4 Å². The van der Waals surface area contributed by atoms with E-state index >= 15 is 0 Å². The van der Waals surface area contributed by atoms with E-state index in [1.165, 1.54) is 6.42 Å². The van der Waals surface area contributed by atoms with Gasteiger partial charge in [-0.05, 0) is 26.8 Å². The molecule has 0 amide bonds. The number of aryl methyl sites for hydroxylation is 1. The first-order valence-corrected chi connectivity index (χ1v) is 5.48. The van der Waals surface area contributed by atoms with Crippen molar-refractivity contribution in [1.82, 2.24) is 14.9 Å². The second-order valence-electron chi connectivity index (χ2n) is 4.12. The van der Waals surface area contributed by atoms with Crippen molar-refractivity contribution in [2.75, 3.05) is 13.6 Å². The minimum absolute atomic E-state index is 0.130. The highest BCUT2D eigenvalue weighted by atomic mass is 16.1. The van der Waals surface area contributed by atoms with Crippen molar-refractivity contribution in [3.8, 4) is 0 Å². The fourth-order valence-corrected chi connectivity index (χ4v) is 2.22. The number of ketones is 1. The summed E-state index contributed by atoms with van der Waals surface area (Å²) in [5.41, 5.74) is 0.756. The van der Waals surface area contributed by atoms with E-state index in [-0.39, 0.29) is 5.78 Å². The molecule has 2 rings (SSSR count). The molecule has 1 aromatic heterocycles. The summed E-state index contributed by atoms with van der Waals surface area (Å²) in [5, 5.41) is 2.89. The van der Waals surface area contributed by atoms with Crippen molar-refractivity contribution < 1.29 is 4.79 Å². The zero-order valence-corrected chi connectivity index (χ0v) is 9.29. The number of hydrogen-bond donors (Lipinski definition) is 1. The van der Waals surface area contributed by atoms with Crippen LogP contribution in [0.5, 0.6) is 0 Å². The number of aromatic nitrogens is 2. The average Bonchev–Trinajstić information content (AvgIpc) is 2.63. The Morgan fingerprint density at radius 1 is 1.73 bits per heavy atom. The minimum atomic E-state index is 0.130. The first-order chi connectivity index (χ1) is 7.24. The molecule has 4 nitrogen and oxygen atoms in total. The summed E-state index contributed by atoms with van der Waals surface area (Å²) in [6.45, 7) is 2.54. The summed E-state index contributed by atoms with van der Waals surface area (Å²) in [5.74, 6) is 1.19. The number of hydrogen-bond acceptors (Lipinski definition) is 3. The molecule has 4 heteroatoms. The summed E-state index contributed by atoms with van der Waals surface area (Å²) in [6.07, 6.45) is 5.04. The van der Waals surface area contributed by atoms with Crippen molar-refractivity contribution in [2.45, 2.75) is 32.2 Å². The Morgan fingerprint density at radius 3 is 3.27 bits per heavy atom. The van der Waals surface area contributed by atoms with Crippen LogP contribution in [0.25, 0.3) is 0 Å². The Balaban J connectivity index is 2.33. The van der Waals surface area contributed by atoms with Gasteiger partial charge in [0, 0.05) is 12.5 Å². The number of nitrogens with zero attached hydrogens (tertiary/aromatic N) is 2. The molecule has 2 heterocycles. The van der Waals surface area contributed by atoms with Crippen LogP contribution in [0.2, 0.25) is 0 Å². The summed E-state index contributed by atoms with van der Waals surface area (Å²) in [6, 6.07) is 0.409. The number of nitrogens with one attached hydrogen (secondary N) is 1. The van der Waals surface area contributed by atoms with E-state index < -0.39 is 0 Å². The maximum absolute atomic E-state index is 11.8. The van der Waals surface area contributed by atoms with E-state index in [0.29, 0.717) is 12.6 Å². The number of fused-ring (bicyclic) bond motifs is 1. The lowest BCUT2D eigenvalue weighted by molar-refractivity contribution is 0.0981. The maximum Gasteiger partial charge on any atom is 0.194 e. The number of rotatable bonds is 3. The Kier molecular flexibility index (Phi) is 2.86. The van der Waals surface area contributed by atoms with Gasteiger partial charge in [0.15, 0.2) is 5.78 Å². The Morgan fingerprint density at radius 2 is 2.53 bits per heavy atom. The van der Waals surface area contributed by atoms with Crippen LogP contribution in [0.4, 0.5) is 0 Å². The van der Waals surface area contributed by atoms with Gasteiger partial charge in [-0.25, -0.2) is 4.98 Å². The highest BCUT2D eigenvalue weighted by Crippen LogP contribution is 2.25. The molecular weight excluding hydrogens is 190 g/mol. The van der Waals surface area contributed by atoms with Crippen molar-refractivity contribution in [3.63, 3.8) is 0 Å². The van der Waals surface area contributed by atoms with Crippen molar-refractivity contribution in [3.05, 3.63) is 17.7 Å². The van der Waals surface area contributed by atoms with Crippen molar-refractivity contribution in [1.29, 1.82) is 0 Å². The molecule has 0 aliphatic carbocycles. The molecule has 0 spiro atoms. The van der Waals surface area contributed by atoms with E-state index in [1.54, 1.807) is 13.2 Å². The van der Waals surface area contributed by atoms with Crippen molar-refractivity contribution in [2.24, 2.45) is 0 Å². The van der Waals surface area contributed by atoms with Gasteiger partial charge in [-0.15, -0.1) is 0 Å². The standard InChI is InChI=1S/C11H17N3O/c1-8-4-3-5-11-13-6-9(14(8)11)10(15)7-12-2/h6,8,12H,3-5,7H2,1-2H3. The van der Waals surface area contributed by atoms with Gasteiger partial charge in [0.2, 0.25) is 0 Å². The van der Waals surface area contributed by atoms with Gasteiger partial charge in [-0.2, -0.15) is 0 Å². The van der Waals surface area contributed by atoms with Gasteiger partial charge in [-0.3, -0.25) is 4.79 Å². The van der Waals surface area contributed by atoms with E-state index in [9.17, 15) is 4.79 Å². The summed E-state index contributed by atoms with van der Waals surface area (Å²) >= 11 is 0. The van der Waals surface area contributed by atoms with Gasteiger partial charge in [0.05, 0.1) is 12.7 Å². The molecule has 0 aromatic carbocycles. The zero-order valence-electron chi connectivity index (χ0n) is 9.29. The van der Waals surface area contributed by atoms with E-state index in [4.69, 9.17) is 0 Å². The van der Waals surface area contributed by atoms with Crippen molar-refractivity contribution >= 4 is 5.78 Å². The number of carbonyl (C=O) groups is 1. The SMILES string of the molecule is CNCC(=O)c1cnc2n1C(C)CCC2. The van der Waals surface area contributed by atoms with E-state index in [2.05, 4.69) is 21.8 Å². The van der Waals surface area contributed by atoms with Crippen LogP contribution in [0, 0.1) is 0 Å². The van der Waals surface area contributed by atoms with Crippen LogP contribution in [0.1, 0.15) is 42.1 Å². The van der Waals surface area contributed by atoms with Gasteiger partial charge < -0.3 is 9.88 Å². The fourth-order valence-electron chi connectivity index (χ4n) is 2.22. The molecule has 0 radical (unpaired) electrons. The number of carbonyl (C=O) groups excluding carboxylic acids is 1. The van der Waals surface area contributed by atoms with Crippen LogP contribution < -0.4 is 5.32 Å². The number of imidazole rings is 1. The predicted octanol–water partition coefficient (Wildman–Crippen LogP) is 1.18. The van der Waals surface area contributed by atoms with Gasteiger partial charge >= 0.3 is 0 Å². The Labute approximate surface area is 89.7 Å². The fraction of sp³-hybridized carbons (Fsp3) is 0.636. The first kappa shape index (κ1) is 10.4. The third-order valence-corrected chi connectivity index (χ3v) is 2.96. The topological polar surface area (TPSA) is 46.9 Å². The molecule has 1 aliphatic heterocycles. The molecule has 1 aliphatic rings. The molecule has 0 saturated carbocycles. The third kappa shape index (κ3) is 1.81. The molecule has 15 heavy (non-hydrogen) atoms. The molecule has 0 bridgehead atoms. The number of Topliss-reactive ketones (excluding diaryl/α,β-unsaturated/α-hetero) is 1. The molecule has 1 atom stereocenters. The quantitative estimate of drug-likeness (QED) is 0.757. The zero-order chi connectivity index (χ0) is 10.8. The largest absolute Gasteiger partial charge is 0.323 e. The van der Waals surface area contributed by atoms with Crippen LogP contribution >= 0.6 is 0 Å². The molecular formula is C11H17N3O. The summed E-state index contributed by atoms with van der Waals surface area (Å²) in [4.78, 5) is 16.1. The average molecular weight is 207 g/mol. The molecule has 1 N–H and O–H groups in total. The predicted molar refractivity (Wildman–Crippen MR) is 58.1 cm³/mol. The van der Waals surface area contributed by atoms with Crippen LogP contribution in [0.3, 0.4) is 0 Å². The highest BCUT2D eigenvalue weighted by molar-refractivity contribution is 5.96. The molecule has 1 unspecified atom stereocenters. The number of likely N-dealkylation sites (N-methyl/N-ethyl adjacent to an activating group) is 1. The van der Waals surface area contributed by atoms with Gasteiger partial charge in [0.25, 0.3) is 0 Å². The van der Waals surface area contributed by atoms with Crippen LogP contribution in [0.15, 0.2) is 6.20 Å².